The highest BCUT2D eigenvalue weighted by Crippen LogP contribution is 2.37. The summed E-state index contributed by atoms with van der Waals surface area (Å²) in [6.45, 7) is 7.08. The Labute approximate surface area is 90.5 Å². The van der Waals surface area contributed by atoms with Gasteiger partial charge in [0, 0.05) is 0 Å². The van der Waals surface area contributed by atoms with E-state index in [0.717, 1.165) is 17.8 Å². The molecule has 1 aliphatic carbocycles. The fraction of sp³-hybridized carbons (Fsp3) is 1.00. The third-order valence-corrected chi connectivity index (χ3v) is 3.90. The zero-order valence-corrected chi connectivity index (χ0v) is 10.4. The molecule has 0 aromatic heterocycles. The molecule has 0 bridgehead atoms. The van der Waals surface area contributed by atoms with Gasteiger partial charge in [-0.05, 0) is 24.2 Å². The summed E-state index contributed by atoms with van der Waals surface area (Å²) < 4.78 is 0. The molecule has 1 saturated carbocycles. The molecule has 1 rings (SSSR count). The van der Waals surface area contributed by atoms with Crippen LogP contribution >= 0.6 is 0 Å². The van der Waals surface area contributed by atoms with Gasteiger partial charge in [0.25, 0.3) is 0 Å². The van der Waals surface area contributed by atoms with Gasteiger partial charge >= 0.3 is 0 Å². The summed E-state index contributed by atoms with van der Waals surface area (Å²) in [7, 11) is 0. The average Bonchev–Trinajstić information content (AvgIpc) is 2.13. The third-order valence-electron chi connectivity index (χ3n) is 3.90. The van der Waals surface area contributed by atoms with Gasteiger partial charge in [0.05, 0.1) is 0 Å². The van der Waals surface area contributed by atoms with E-state index in [1.54, 1.807) is 0 Å². The Hall–Kier alpha value is 0. The first-order chi connectivity index (χ1) is 6.70. The molecular formula is C14H28. The standard InChI is InChI=1S/C14H28/c1-12(2)8-6-4-5-7-9-14-11-10-13(14)3/h12-14H,4-11H2,1-3H3. The Kier molecular flexibility index (Phi) is 5.59. The minimum absolute atomic E-state index is 0.904. The number of hydrogen-bond acceptors (Lipinski definition) is 0. The largest absolute Gasteiger partial charge is 0.0628 e. The minimum atomic E-state index is 0.904. The molecule has 0 N–H and O–H groups in total. The summed E-state index contributed by atoms with van der Waals surface area (Å²) in [4.78, 5) is 0. The monoisotopic (exact) mass is 196 g/mol. The second-order valence-corrected chi connectivity index (χ2v) is 5.70. The van der Waals surface area contributed by atoms with Crippen molar-refractivity contribution < 1.29 is 0 Å². The molecule has 0 nitrogen and oxygen atoms in total. The van der Waals surface area contributed by atoms with Crippen LogP contribution < -0.4 is 0 Å². The molecular weight excluding hydrogens is 168 g/mol. The molecule has 0 heterocycles. The highest BCUT2D eigenvalue weighted by Gasteiger charge is 2.25. The molecule has 2 unspecified atom stereocenters. The summed E-state index contributed by atoms with van der Waals surface area (Å²) in [6.07, 6.45) is 11.9. The summed E-state index contributed by atoms with van der Waals surface area (Å²) in [5.74, 6) is 3.05. The highest BCUT2D eigenvalue weighted by atomic mass is 14.3. The van der Waals surface area contributed by atoms with Gasteiger partial charge in [0.15, 0.2) is 0 Å². The predicted octanol–water partition coefficient (Wildman–Crippen LogP) is 5.03. The lowest BCUT2D eigenvalue weighted by atomic mass is 9.72. The molecule has 0 amide bonds. The van der Waals surface area contributed by atoms with E-state index >= 15 is 0 Å². The van der Waals surface area contributed by atoms with Crippen LogP contribution in [-0.4, -0.2) is 0 Å². The van der Waals surface area contributed by atoms with Crippen LogP contribution in [0.5, 0.6) is 0 Å². The molecule has 0 heteroatoms. The molecule has 0 radical (unpaired) electrons. The van der Waals surface area contributed by atoms with Crippen molar-refractivity contribution in [2.75, 3.05) is 0 Å². The quantitative estimate of drug-likeness (QED) is 0.501. The molecule has 0 aromatic rings. The summed E-state index contributed by atoms with van der Waals surface area (Å²) in [6, 6.07) is 0. The van der Waals surface area contributed by atoms with Crippen molar-refractivity contribution in [1.29, 1.82) is 0 Å². The fourth-order valence-electron chi connectivity index (χ4n) is 2.48. The normalized spacial score (nSPS) is 26.6. The van der Waals surface area contributed by atoms with Crippen LogP contribution in [0.2, 0.25) is 0 Å². The van der Waals surface area contributed by atoms with Crippen molar-refractivity contribution in [1.82, 2.24) is 0 Å². The Balaban J connectivity index is 1.80. The Morgan fingerprint density at radius 2 is 1.71 bits per heavy atom. The maximum Gasteiger partial charge on any atom is -0.0388 e. The third kappa shape index (κ3) is 4.48. The number of hydrogen-bond donors (Lipinski definition) is 0. The average molecular weight is 196 g/mol. The van der Waals surface area contributed by atoms with Crippen molar-refractivity contribution >= 4 is 0 Å². The van der Waals surface area contributed by atoms with Gasteiger partial charge in [-0.1, -0.05) is 65.7 Å². The van der Waals surface area contributed by atoms with Crippen molar-refractivity contribution in [2.45, 2.75) is 72.1 Å². The van der Waals surface area contributed by atoms with Gasteiger partial charge in [0.1, 0.15) is 0 Å². The Morgan fingerprint density at radius 1 is 1.00 bits per heavy atom. The molecule has 0 saturated heterocycles. The van der Waals surface area contributed by atoms with Gasteiger partial charge in [-0.25, -0.2) is 0 Å². The maximum absolute atomic E-state index is 2.42. The van der Waals surface area contributed by atoms with E-state index < -0.39 is 0 Å². The number of rotatable bonds is 7. The Bertz CT molecular complexity index is 137. The van der Waals surface area contributed by atoms with E-state index in [0.29, 0.717) is 0 Å². The highest BCUT2D eigenvalue weighted by molar-refractivity contribution is 4.76. The second kappa shape index (κ2) is 6.48. The van der Waals surface area contributed by atoms with Crippen LogP contribution in [0.15, 0.2) is 0 Å². The van der Waals surface area contributed by atoms with Crippen LogP contribution in [0.3, 0.4) is 0 Å². The maximum atomic E-state index is 2.42. The van der Waals surface area contributed by atoms with Gasteiger partial charge in [-0.15, -0.1) is 0 Å². The topological polar surface area (TPSA) is 0 Å². The lowest BCUT2D eigenvalue weighted by Gasteiger charge is -2.33. The van der Waals surface area contributed by atoms with Crippen molar-refractivity contribution in [2.24, 2.45) is 17.8 Å². The van der Waals surface area contributed by atoms with Crippen LogP contribution in [0.25, 0.3) is 0 Å². The van der Waals surface area contributed by atoms with E-state index in [1.165, 1.54) is 51.4 Å². The smallest absolute Gasteiger partial charge is 0.0388 e. The van der Waals surface area contributed by atoms with Crippen molar-refractivity contribution in [3.63, 3.8) is 0 Å². The lowest BCUT2D eigenvalue weighted by molar-refractivity contribution is 0.178. The van der Waals surface area contributed by atoms with Crippen LogP contribution in [0, 0.1) is 17.8 Å². The first-order valence-electron chi connectivity index (χ1n) is 6.70. The van der Waals surface area contributed by atoms with Crippen molar-refractivity contribution in [3.8, 4) is 0 Å². The molecule has 84 valence electrons. The van der Waals surface area contributed by atoms with Gasteiger partial charge in [-0.3, -0.25) is 0 Å². The molecule has 0 aromatic carbocycles. The van der Waals surface area contributed by atoms with E-state index in [2.05, 4.69) is 20.8 Å². The number of unbranched alkanes of at least 4 members (excludes halogenated alkanes) is 3. The zero-order chi connectivity index (χ0) is 10.4. The van der Waals surface area contributed by atoms with Crippen LogP contribution in [-0.2, 0) is 0 Å². The van der Waals surface area contributed by atoms with Gasteiger partial charge < -0.3 is 0 Å². The van der Waals surface area contributed by atoms with Crippen molar-refractivity contribution in [3.05, 3.63) is 0 Å². The van der Waals surface area contributed by atoms with Gasteiger partial charge in [-0.2, -0.15) is 0 Å². The molecule has 1 aliphatic rings. The van der Waals surface area contributed by atoms with E-state index in [-0.39, 0.29) is 0 Å². The van der Waals surface area contributed by atoms with E-state index in [1.807, 2.05) is 0 Å². The van der Waals surface area contributed by atoms with Crippen LogP contribution in [0.1, 0.15) is 72.1 Å². The first-order valence-corrected chi connectivity index (χ1v) is 6.70. The summed E-state index contributed by atoms with van der Waals surface area (Å²) in [5.41, 5.74) is 0. The Morgan fingerprint density at radius 3 is 2.21 bits per heavy atom. The summed E-state index contributed by atoms with van der Waals surface area (Å²) in [5, 5.41) is 0. The molecule has 2 atom stereocenters. The van der Waals surface area contributed by atoms with Crippen LogP contribution in [0.4, 0.5) is 0 Å². The predicted molar refractivity (Wildman–Crippen MR) is 64.4 cm³/mol. The summed E-state index contributed by atoms with van der Waals surface area (Å²) >= 11 is 0. The zero-order valence-electron chi connectivity index (χ0n) is 10.4. The lowest BCUT2D eigenvalue weighted by Crippen LogP contribution is -2.22. The molecule has 0 aliphatic heterocycles. The second-order valence-electron chi connectivity index (χ2n) is 5.70. The fourth-order valence-corrected chi connectivity index (χ4v) is 2.48. The van der Waals surface area contributed by atoms with E-state index in [9.17, 15) is 0 Å². The molecule has 14 heavy (non-hydrogen) atoms. The first kappa shape index (κ1) is 12.1. The minimum Gasteiger partial charge on any atom is -0.0628 e. The van der Waals surface area contributed by atoms with Gasteiger partial charge in [0.2, 0.25) is 0 Å². The molecule has 1 fully saturated rings. The molecule has 0 spiro atoms. The SMILES string of the molecule is CC(C)CCCCCCC1CCC1C. The van der Waals surface area contributed by atoms with E-state index in [4.69, 9.17) is 0 Å².